The zero-order valence-electron chi connectivity index (χ0n) is 9.03. The number of nitrogens with one attached hydrogen (secondary N) is 1. The van der Waals surface area contributed by atoms with Crippen LogP contribution in [0.4, 0.5) is 10.5 Å². The minimum atomic E-state index is -0.124. The van der Waals surface area contributed by atoms with Crippen molar-refractivity contribution in [2.75, 3.05) is 31.9 Å². The van der Waals surface area contributed by atoms with Crippen LogP contribution in [0, 0.1) is 0 Å². The molecule has 1 rings (SSSR count). The van der Waals surface area contributed by atoms with Gasteiger partial charge in [-0.2, -0.15) is 4.37 Å². The predicted octanol–water partition coefficient (Wildman–Crippen LogP) is 2.68. The molecule has 7 heteroatoms. The van der Waals surface area contributed by atoms with Gasteiger partial charge in [0.1, 0.15) is 14.9 Å². The van der Waals surface area contributed by atoms with Gasteiger partial charge in [-0.25, -0.2) is 4.79 Å². The van der Waals surface area contributed by atoms with E-state index in [4.69, 9.17) is 0 Å². The number of hydrogen-bond donors (Lipinski definition) is 1. The van der Waals surface area contributed by atoms with Crippen molar-refractivity contribution in [3.05, 3.63) is 0 Å². The number of thioether (sulfide) groups is 2. The fourth-order valence-corrected chi connectivity index (χ4v) is 3.02. The number of carbonyl (C=O) groups excluding carboxylic acids is 1. The topological polar surface area (TPSA) is 45.2 Å². The van der Waals surface area contributed by atoms with Crippen LogP contribution >= 0.6 is 35.1 Å². The zero-order valence-corrected chi connectivity index (χ0v) is 11.5. The molecular formula is C8H13N3OS3. The molecule has 0 radical (unpaired) electrons. The number of rotatable bonds is 3. The van der Waals surface area contributed by atoms with Gasteiger partial charge < -0.3 is 10.2 Å². The molecule has 0 saturated heterocycles. The molecule has 0 aliphatic rings. The van der Waals surface area contributed by atoms with E-state index in [1.165, 1.54) is 28.2 Å². The van der Waals surface area contributed by atoms with E-state index in [0.717, 1.165) is 14.9 Å². The molecule has 0 unspecified atom stereocenters. The molecule has 0 aliphatic heterocycles. The van der Waals surface area contributed by atoms with Crippen molar-refractivity contribution >= 4 is 46.8 Å². The van der Waals surface area contributed by atoms with Gasteiger partial charge in [-0.1, -0.05) is 0 Å². The van der Waals surface area contributed by atoms with Crippen molar-refractivity contribution in [3.63, 3.8) is 0 Å². The lowest BCUT2D eigenvalue weighted by atomic mass is 10.6. The van der Waals surface area contributed by atoms with Crippen LogP contribution in [0.25, 0.3) is 0 Å². The third-order valence-corrected chi connectivity index (χ3v) is 4.39. The minimum Gasteiger partial charge on any atom is -0.331 e. The molecule has 0 aliphatic carbocycles. The van der Waals surface area contributed by atoms with Crippen LogP contribution in [-0.2, 0) is 0 Å². The summed E-state index contributed by atoms with van der Waals surface area (Å²) in [4.78, 5) is 13.0. The molecule has 1 aromatic heterocycles. The Labute approximate surface area is 102 Å². The number of hydrogen-bond acceptors (Lipinski definition) is 5. The van der Waals surface area contributed by atoms with Gasteiger partial charge in [0.05, 0.1) is 0 Å². The first-order chi connectivity index (χ1) is 7.10. The largest absolute Gasteiger partial charge is 0.331 e. The van der Waals surface area contributed by atoms with Gasteiger partial charge in [-0.3, -0.25) is 0 Å². The summed E-state index contributed by atoms with van der Waals surface area (Å²) in [5, 5.41) is 3.73. The summed E-state index contributed by atoms with van der Waals surface area (Å²) in [7, 11) is 3.43. The molecule has 2 amide bonds. The second-order valence-corrected chi connectivity index (χ2v) is 5.53. The Morgan fingerprint density at radius 1 is 1.40 bits per heavy atom. The van der Waals surface area contributed by atoms with Crippen LogP contribution in [0.15, 0.2) is 9.24 Å². The van der Waals surface area contributed by atoms with Crippen LogP contribution in [0.5, 0.6) is 0 Å². The van der Waals surface area contributed by atoms with Gasteiger partial charge in [0.15, 0.2) is 0 Å². The normalized spacial score (nSPS) is 10.1. The summed E-state index contributed by atoms with van der Waals surface area (Å²) in [6.07, 6.45) is 3.92. The highest BCUT2D eigenvalue weighted by molar-refractivity contribution is 8.01. The van der Waals surface area contributed by atoms with Gasteiger partial charge in [0, 0.05) is 14.1 Å². The minimum absolute atomic E-state index is 0.124. The van der Waals surface area contributed by atoms with Crippen LogP contribution < -0.4 is 5.32 Å². The standard InChI is InChI=1S/C8H13N3OS3/c1-11(2)8(12)9-5-6(13-3)10-15-7(5)14-4/h1-4H3,(H,9,12). The highest BCUT2D eigenvalue weighted by Crippen LogP contribution is 2.37. The zero-order chi connectivity index (χ0) is 11.4. The molecule has 1 heterocycles. The van der Waals surface area contributed by atoms with Crippen molar-refractivity contribution in [2.45, 2.75) is 9.24 Å². The smallest absolute Gasteiger partial charge is 0.321 e. The van der Waals surface area contributed by atoms with Crippen molar-refractivity contribution in [3.8, 4) is 0 Å². The molecule has 0 atom stereocenters. The molecule has 1 N–H and O–H groups in total. The Balaban J connectivity index is 2.90. The van der Waals surface area contributed by atoms with Crippen molar-refractivity contribution in [2.24, 2.45) is 0 Å². The van der Waals surface area contributed by atoms with E-state index in [2.05, 4.69) is 9.69 Å². The lowest BCUT2D eigenvalue weighted by molar-refractivity contribution is 0.230. The van der Waals surface area contributed by atoms with E-state index in [-0.39, 0.29) is 6.03 Å². The Kier molecular flexibility index (Phi) is 4.75. The maximum Gasteiger partial charge on any atom is 0.321 e. The second kappa shape index (κ2) is 5.62. The Morgan fingerprint density at radius 2 is 2.07 bits per heavy atom. The maximum absolute atomic E-state index is 11.5. The maximum atomic E-state index is 11.5. The lowest BCUT2D eigenvalue weighted by Crippen LogP contribution is -2.27. The van der Waals surface area contributed by atoms with Gasteiger partial charge in [0.2, 0.25) is 0 Å². The molecule has 0 aromatic carbocycles. The lowest BCUT2D eigenvalue weighted by Gasteiger charge is -2.12. The predicted molar refractivity (Wildman–Crippen MR) is 68.4 cm³/mol. The van der Waals surface area contributed by atoms with Crippen molar-refractivity contribution in [1.29, 1.82) is 0 Å². The quantitative estimate of drug-likeness (QED) is 0.852. The van der Waals surface area contributed by atoms with E-state index >= 15 is 0 Å². The average molecular weight is 263 g/mol. The number of nitrogens with zero attached hydrogens (tertiary/aromatic N) is 2. The van der Waals surface area contributed by atoms with Gasteiger partial charge in [0.25, 0.3) is 0 Å². The second-order valence-electron chi connectivity index (χ2n) is 2.88. The summed E-state index contributed by atoms with van der Waals surface area (Å²) in [5.74, 6) is 0. The average Bonchev–Trinajstić information content (AvgIpc) is 2.59. The Bertz CT molecular complexity index is 329. The number of anilines is 1. The summed E-state index contributed by atoms with van der Waals surface area (Å²) in [6, 6.07) is -0.124. The summed E-state index contributed by atoms with van der Waals surface area (Å²) < 4.78 is 5.31. The highest BCUT2D eigenvalue weighted by Gasteiger charge is 2.15. The first kappa shape index (κ1) is 12.7. The van der Waals surface area contributed by atoms with Gasteiger partial charge in [-0.05, 0) is 24.0 Å². The molecule has 0 fully saturated rings. The first-order valence-corrected chi connectivity index (χ1v) is 7.38. The van der Waals surface area contributed by atoms with E-state index < -0.39 is 0 Å². The Hall–Kier alpha value is -0.400. The van der Waals surface area contributed by atoms with E-state index in [1.807, 2.05) is 12.5 Å². The van der Waals surface area contributed by atoms with Crippen LogP contribution in [0.1, 0.15) is 0 Å². The van der Waals surface area contributed by atoms with Crippen molar-refractivity contribution in [1.82, 2.24) is 9.27 Å². The third-order valence-electron chi connectivity index (χ3n) is 1.65. The van der Waals surface area contributed by atoms with Crippen LogP contribution in [0.3, 0.4) is 0 Å². The molecule has 4 nitrogen and oxygen atoms in total. The number of carbonyl (C=O) groups is 1. The molecule has 0 bridgehead atoms. The fourth-order valence-electron chi connectivity index (χ4n) is 0.863. The number of aromatic nitrogens is 1. The fraction of sp³-hybridized carbons (Fsp3) is 0.500. The molecule has 1 aromatic rings. The van der Waals surface area contributed by atoms with Crippen molar-refractivity contribution < 1.29 is 4.79 Å². The summed E-state index contributed by atoms with van der Waals surface area (Å²) >= 11 is 4.55. The SMILES string of the molecule is CSc1nsc(SC)c1NC(=O)N(C)C. The summed E-state index contributed by atoms with van der Waals surface area (Å²) in [6.45, 7) is 0. The van der Waals surface area contributed by atoms with E-state index in [1.54, 1.807) is 25.9 Å². The van der Waals surface area contributed by atoms with E-state index in [0.29, 0.717) is 0 Å². The monoisotopic (exact) mass is 263 g/mol. The van der Waals surface area contributed by atoms with Gasteiger partial charge in [-0.15, -0.1) is 23.5 Å². The van der Waals surface area contributed by atoms with Crippen LogP contribution in [-0.4, -0.2) is 41.9 Å². The first-order valence-electron chi connectivity index (χ1n) is 4.16. The highest BCUT2D eigenvalue weighted by atomic mass is 32.2. The number of urea groups is 1. The number of amides is 2. The Morgan fingerprint density at radius 3 is 2.53 bits per heavy atom. The third kappa shape index (κ3) is 3.02. The molecule has 15 heavy (non-hydrogen) atoms. The molecule has 0 saturated carbocycles. The summed E-state index contributed by atoms with van der Waals surface area (Å²) in [5.41, 5.74) is 0.832. The van der Waals surface area contributed by atoms with Crippen LogP contribution in [0.2, 0.25) is 0 Å². The van der Waals surface area contributed by atoms with E-state index in [9.17, 15) is 4.79 Å². The molecule has 0 spiro atoms. The van der Waals surface area contributed by atoms with Gasteiger partial charge >= 0.3 is 6.03 Å². The molecular weight excluding hydrogens is 250 g/mol. The molecule has 84 valence electrons.